The van der Waals surface area contributed by atoms with Crippen LogP contribution in [0, 0.1) is 6.92 Å². The molecule has 0 aliphatic heterocycles. The smallest absolute Gasteiger partial charge is 0.170 e. The van der Waals surface area contributed by atoms with E-state index in [1.165, 1.54) is 5.56 Å². The molecule has 0 aliphatic rings. The Hall–Kier alpha value is -1.59. The summed E-state index contributed by atoms with van der Waals surface area (Å²) in [7, 11) is 3.78. The molecule has 0 spiro atoms. The molecule has 1 atom stereocenters. The minimum Gasteiger partial charge on any atom is -0.409 e. The molecule has 106 valence electrons. The Balaban J connectivity index is 2.80. The van der Waals surface area contributed by atoms with Crippen LogP contribution in [0.2, 0.25) is 0 Å². The Labute approximate surface area is 114 Å². The van der Waals surface area contributed by atoms with Crippen LogP contribution in [0.4, 0.5) is 0 Å². The van der Waals surface area contributed by atoms with E-state index in [0.717, 1.165) is 17.7 Å². The normalized spacial score (nSPS) is 13.8. The molecule has 1 aromatic rings. The van der Waals surface area contributed by atoms with Crippen LogP contribution < -0.4 is 5.73 Å². The SMILES string of the molecule is COCC(C)N(C)Cc1ccc(/C(N)=N/O)cc1C. The van der Waals surface area contributed by atoms with Crippen molar-refractivity contribution in [2.75, 3.05) is 20.8 Å². The van der Waals surface area contributed by atoms with Gasteiger partial charge in [-0.05, 0) is 38.1 Å². The van der Waals surface area contributed by atoms with E-state index in [1.54, 1.807) is 7.11 Å². The lowest BCUT2D eigenvalue weighted by molar-refractivity contribution is 0.112. The molecule has 0 fully saturated rings. The summed E-state index contributed by atoms with van der Waals surface area (Å²) in [4.78, 5) is 2.23. The topological polar surface area (TPSA) is 71.1 Å². The number of nitrogens with two attached hydrogens (primary N) is 1. The maximum Gasteiger partial charge on any atom is 0.170 e. The highest BCUT2D eigenvalue weighted by molar-refractivity contribution is 5.97. The Kier molecular flexibility index (Phi) is 5.79. The molecular weight excluding hydrogens is 242 g/mol. The van der Waals surface area contributed by atoms with Gasteiger partial charge < -0.3 is 15.7 Å². The lowest BCUT2D eigenvalue weighted by Gasteiger charge is -2.24. The fourth-order valence-corrected chi connectivity index (χ4v) is 1.88. The van der Waals surface area contributed by atoms with Gasteiger partial charge in [-0.15, -0.1) is 0 Å². The number of methoxy groups -OCH3 is 1. The van der Waals surface area contributed by atoms with Crippen molar-refractivity contribution in [2.24, 2.45) is 10.9 Å². The number of nitrogens with zero attached hydrogens (tertiary/aromatic N) is 2. The summed E-state index contributed by atoms with van der Waals surface area (Å²) in [5, 5.41) is 11.7. The fraction of sp³-hybridized carbons (Fsp3) is 0.500. The number of benzene rings is 1. The third-order valence-electron chi connectivity index (χ3n) is 3.33. The van der Waals surface area contributed by atoms with E-state index in [-0.39, 0.29) is 5.84 Å². The first-order valence-electron chi connectivity index (χ1n) is 6.26. The summed E-state index contributed by atoms with van der Waals surface area (Å²) in [6, 6.07) is 6.16. The van der Waals surface area contributed by atoms with Crippen LogP contribution in [-0.2, 0) is 11.3 Å². The monoisotopic (exact) mass is 265 g/mol. The quantitative estimate of drug-likeness (QED) is 0.354. The maximum absolute atomic E-state index is 8.67. The molecular formula is C14H23N3O2. The minimum absolute atomic E-state index is 0.135. The Morgan fingerprint density at radius 1 is 1.53 bits per heavy atom. The number of amidine groups is 1. The number of likely N-dealkylation sites (N-methyl/N-ethyl adjacent to an activating group) is 1. The Bertz CT molecular complexity index is 446. The van der Waals surface area contributed by atoms with Crippen molar-refractivity contribution in [3.05, 3.63) is 34.9 Å². The molecule has 0 amide bonds. The van der Waals surface area contributed by atoms with Crippen LogP contribution in [-0.4, -0.2) is 42.7 Å². The van der Waals surface area contributed by atoms with Gasteiger partial charge >= 0.3 is 0 Å². The fourth-order valence-electron chi connectivity index (χ4n) is 1.88. The van der Waals surface area contributed by atoms with E-state index >= 15 is 0 Å². The molecule has 0 saturated carbocycles. The van der Waals surface area contributed by atoms with Gasteiger partial charge in [0.15, 0.2) is 5.84 Å². The second kappa shape index (κ2) is 7.11. The summed E-state index contributed by atoms with van der Waals surface area (Å²) in [6.07, 6.45) is 0. The molecule has 1 aromatic carbocycles. The first kappa shape index (κ1) is 15.5. The van der Waals surface area contributed by atoms with E-state index in [4.69, 9.17) is 15.7 Å². The summed E-state index contributed by atoms with van der Waals surface area (Å²) < 4.78 is 5.16. The molecule has 0 aromatic heterocycles. The number of oxime groups is 1. The Morgan fingerprint density at radius 3 is 2.74 bits per heavy atom. The second-order valence-electron chi connectivity index (χ2n) is 4.85. The highest BCUT2D eigenvalue weighted by Gasteiger charge is 2.11. The van der Waals surface area contributed by atoms with Gasteiger partial charge in [0.25, 0.3) is 0 Å². The van der Waals surface area contributed by atoms with Crippen molar-refractivity contribution >= 4 is 5.84 Å². The largest absolute Gasteiger partial charge is 0.409 e. The zero-order chi connectivity index (χ0) is 14.4. The van der Waals surface area contributed by atoms with Gasteiger partial charge in [0.05, 0.1) is 6.61 Å². The molecule has 0 radical (unpaired) electrons. The molecule has 0 heterocycles. The van der Waals surface area contributed by atoms with Crippen LogP contribution in [0.3, 0.4) is 0 Å². The first-order valence-corrected chi connectivity index (χ1v) is 6.26. The molecule has 5 nitrogen and oxygen atoms in total. The van der Waals surface area contributed by atoms with Crippen molar-refractivity contribution in [1.82, 2.24) is 4.90 Å². The van der Waals surface area contributed by atoms with Gasteiger partial charge in [0.1, 0.15) is 0 Å². The predicted molar refractivity (Wildman–Crippen MR) is 76.5 cm³/mol. The van der Waals surface area contributed by atoms with Crippen molar-refractivity contribution in [1.29, 1.82) is 0 Å². The standard InChI is InChI=1S/C14H23N3O2/c1-10-7-12(14(15)16-18)5-6-13(10)8-17(3)11(2)9-19-4/h5-7,11,18H,8-9H2,1-4H3,(H2,15,16). The maximum atomic E-state index is 8.67. The number of hydrogen-bond acceptors (Lipinski definition) is 4. The lowest BCUT2D eigenvalue weighted by atomic mass is 10.0. The van der Waals surface area contributed by atoms with Crippen LogP contribution >= 0.6 is 0 Å². The Morgan fingerprint density at radius 2 is 2.21 bits per heavy atom. The zero-order valence-electron chi connectivity index (χ0n) is 12.1. The molecule has 3 N–H and O–H groups in total. The second-order valence-corrected chi connectivity index (χ2v) is 4.85. The van der Waals surface area contributed by atoms with Crippen LogP contribution in [0.25, 0.3) is 0 Å². The minimum atomic E-state index is 0.135. The molecule has 0 saturated heterocycles. The molecule has 0 aliphatic carbocycles. The van der Waals surface area contributed by atoms with E-state index in [0.29, 0.717) is 12.6 Å². The van der Waals surface area contributed by atoms with Gasteiger partial charge in [-0.1, -0.05) is 17.3 Å². The average molecular weight is 265 g/mol. The van der Waals surface area contributed by atoms with Crippen molar-refractivity contribution in [3.8, 4) is 0 Å². The predicted octanol–water partition coefficient (Wildman–Crippen LogP) is 1.56. The van der Waals surface area contributed by atoms with Crippen molar-refractivity contribution in [3.63, 3.8) is 0 Å². The summed E-state index contributed by atoms with van der Waals surface area (Å²) in [5.41, 5.74) is 8.66. The molecule has 1 rings (SSSR count). The number of aryl methyl sites for hydroxylation is 1. The summed E-state index contributed by atoms with van der Waals surface area (Å²) in [6.45, 7) is 5.70. The van der Waals surface area contributed by atoms with E-state index in [1.807, 2.05) is 25.1 Å². The molecule has 19 heavy (non-hydrogen) atoms. The number of ether oxygens (including phenoxy) is 1. The third-order valence-corrected chi connectivity index (χ3v) is 3.33. The van der Waals surface area contributed by atoms with Crippen molar-refractivity contribution < 1.29 is 9.94 Å². The van der Waals surface area contributed by atoms with Gasteiger partial charge in [0.2, 0.25) is 0 Å². The van der Waals surface area contributed by atoms with Crippen LogP contribution in [0.5, 0.6) is 0 Å². The number of hydrogen-bond donors (Lipinski definition) is 2. The summed E-state index contributed by atoms with van der Waals surface area (Å²) in [5.74, 6) is 0.135. The van der Waals surface area contributed by atoms with Crippen LogP contribution in [0.15, 0.2) is 23.4 Å². The highest BCUT2D eigenvalue weighted by atomic mass is 16.5. The van der Waals surface area contributed by atoms with Gasteiger partial charge in [-0.3, -0.25) is 4.90 Å². The molecule has 0 bridgehead atoms. The van der Waals surface area contributed by atoms with E-state index in [9.17, 15) is 0 Å². The van der Waals surface area contributed by atoms with Gasteiger partial charge in [-0.2, -0.15) is 0 Å². The lowest BCUT2D eigenvalue weighted by Crippen LogP contribution is -2.32. The average Bonchev–Trinajstić information content (AvgIpc) is 2.40. The molecule has 1 unspecified atom stereocenters. The highest BCUT2D eigenvalue weighted by Crippen LogP contribution is 2.14. The van der Waals surface area contributed by atoms with E-state index in [2.05, 4.69) is 24.0 Å². The van der Waals surface area contributed by atoms with Crippen molar-refractivity contribution in [2.45, 2.75) is 26.4 Å². The van der Waals surface area contributed by atoms with Crippen LogP contribution in [0.1, 0.15) is 23.6 Å². The first-order chi connectivity index (χ1) is 8.99. The molecule has 5 heteroatoms. The van der Waals surface area contributed by atoms with Gasteiger partial charge in [-0.25, -0.2) is 0 Å². The summed E-state index contributed by atoms with van der Waals surface area (Å²) >= 11 is 0. The zero-order valence-corrected chi connectivity index (χ0v) is 12.1. The number of rotatable bonds is 6. The van der Waals surface area contributed by atoms with E-state index < -0.39 is 0 Å². The van der Waals surface area contributed by atoms with Gasteiger partial charge in [0, 0.05) is 25.3 Å². The third kappa shape index (κ3) is 4.22.